The minimum absolute atomic E-state index is 0.138. The third kappa shape index (κ3) is 3.00. The number of rotatable bonds is 4. The summed E-state index contributed by atoms with van der Waals surface area (Å²) >= 11 is 3.18. The van der Waals surface area contributed by atoms with E-state index in [2.05, 4.69) is 21.2 Å². The molecule has 15 heavy (non-hydrogen) atoms. The Morgan fingerprint density at radius 3 is 2.87 bits per heavy atom. The van der Waals surface area contributed by atoms with E-state index in [1.54, 1.807) is 6.92 Å². The van der Waals surface area contributed by atoms with E-state index in [9.17, 15) is 9.18 Å². The van der Waals surface area contributed by atoms with Gasteiger partial charge in [-0.25, -0.2) is 4.39 Å². The second-order valence-electron chi connectivity index (χ2n) is 2.99. The summed E-state index contributed by atoms with van der Waals surface area (Å²) in [7, 11) is 0. The summed E-state index contributed by atoms with van der Waals surface area (Å²) in [6.45, 7) is 2.23. The van der Waals surface area contributed by atoms with Gasteiger partial charge in [-0.2, -0.15) is 0 Å². The van der Waals surface area contributed by atoms with Crippen molar-refractivity contribution in [2.45, 2.75) is 13.0 Å². The monoisotopic (exact) mass is 275 g/mol. The van der Waals surface area contributed by atoms with E-state index >= 15 is 0 Å². The first-order valence-corrected chi connectivity index (χ1v) is 5.26. The molecule has 1 unspecified atom stereocenters. The Hall–Kier alpha value is -0.940. The number of benzene rings is 1. The minimum Gasteiger partial charge on any atom is -0.480 e. The normalized spacial score (nSPS) is 12.5. The Kier molecular flexibility index (Phi) is 4.23. The molecular formula is C10H11BrFNO2. The van der Waals surface area contributed by atoms with E-state index in [1.165, 1.54) is 18.2 Å². The Labute approximate surface area is 95.4 Å². The van der Waals surface area contributed by atoms with Crippen LogP contribution in [-0.4, -0.2) is 17.6 Å². The molecule has 0 saturated heterocycles. The number of hydrogen-bond acceptors (Lipinski definition) is 2. The lowest BCUT2D eigenvalue weighted by molar-refractivity contribution is -0.139. The summed E-state index contributed by atoms with van der Waals surface area (Å²) in [6.07, 6.45) is 0. The predicted octanol–water partition coefficient (Wildman–Crippen LogP) is 2.32. The van der Waals surface area contributed by atoms with Crippen molar-refractivity contribution in [3.8, 4) is 0 Å². The van der Waals surface area contributed by atoms with Crippen LogP contribution in [0.5, 0.6) is 0 Å². The zero-order valence-corrected chi connectivity index (χ0v) is 9.71. The van der Waals surface area contributed by atoms with Crippen molar-refractivity contribution in [1.29, 1.82) is 0 Å². The largest absolute Gasteiger partial charge is 0.480 e. The van der Waals surface area contributed by atoms with E-state index < -0.39 is 17.8 Å². The second-order valence-corrected chi connectivity index (χ2v) is 3.91. The number of hydrogen-bond donors (Lipinski definition) is 2. The third-order valence-corrected chi connectivity index (χ3v) is 2.42. The standard InChI is InChI=1S/C10H11BrFNO2/c1-2-13-9(10(14)15)7-5-6(11)3-4-8(7)12/h3-5,9,13H,2H2,1H3,(H,14,15). The Morgan fingerprint density at radius 2 is 2.33 bits per heavy atom. The van der Waals surface area contributed by atoms with Crippen molar-refractivity contribution in [1.82, 2.24) is 5.32 Å². The summed E-state index contributed by atoms with van der Waals surface area (Å²) in [4.78, 5) is 10.9. The summed E-state index contributed by atoms with van der Waals surface area (Å²) < 4.78 is 14.0. The van der Waals surface area contributed by atoms with Gasteiger partial charge in [-0.3, -0.25) is 4.79 Å². The SMILES string of the molecule is CCNC(C(=O)O)c1cc(Br)ccc1F. The van der Waals surface area contributed by atoms with Gasteiger partial charge in [0.1, 0.15) is 11.9 Å². The summed E-state index contributed by atoms with van der Waals surface area (Å²) in [5.74, 6) is -1.61. The summed E-state index contributed by atoms with van der Waals surface area (Å²) in [5.41, 5.74) is 0.138. The molecule has 5 heteroatoms. The fourth-order valence-electron chi connectivity index (χ4n) is 1.27. The van der Waals surface area contributed by atoms with Gasteiger partial charge in [-0.1, -0.05) is 22.9 Å². The lowest BCUT2D eigenvalue weighted by Crippen LogP contribution is -2.29. The number of carbonyl (C=O) groups is 1. The average molecular weight is 276 g/mol. The number of aliphatic carboxylic acids is 1. The van der Waals surface area contributed by atoms with Crippen LogP contribution in [-0.2, 0) is 4.79 Å². The van der Waals surface area contributed by atoms with Gasteiger partial charge in [-0.15, -0.1) is 0 Å². The predicted molar refractivity (Wildman–Crippen MR) is 58.2 cm³/mol. The Balaban J connectivity index is 3.09. The van der Waals surface area contributed by atoms with E-state index in [4.69, 9.17) is 5.11 Å². The first-order chi connectivity index (χ1) is 7.06. The van der Waals surface area contributed by atoms with Gasteiger partial charge >= 0.3 is 5.97 Å². The molecule has 0 aromatic heterocycles. The van der Waals surface area contributed by atoms with Crippen molar-refractivity contribution in [2.75, 3.05) is 6.54 Å². The van der Waals surface area contributed by atoms with Gasteiger partial charge in [0.05, 0.1) is 0 Å². The lowest BCUT2D eigenvalue weighted by atomic mass is 10.1. The molecule has 0 amide bonds. The van der Waals surface area contributed by atoms with Gasteiger partial charge in [0.2, 0.25) is 0 Å². The van der Waals surface area contributed by atoms with Crippen LogP contribution < -0.4 is 5.32 Å². The second kappa shape index (κ2) is 5.23. The number of halogens is 2. The van der Waals surface area contributed by atoms with Gasteiger partial charge in [-0.05, 0) is 24.7 Å². The van der Waals surface area contributed by atoms with E-state index in [0.29, 0.717) is 11.0 Å². The van der Waals surface area contributed by atoms with Crippen LogP contribution in [0.4, 0.5) is 4.39 Å². The molecule has 0 saturated carbocycles. The van der Waals surface area contributed by atoms with Crippen molar-refractivity contribution in [3.05, 3.63) is 34.1 Å². The molecular weight excluding hydrogens is 265 g/mol. The van der Waals surface area contributed by atoms with Crippen molar-refractivity contribution in [3.63, 3.8) is 0 Å². The quantitative estimate of drug-likeness (QED) is 0.887. The highest BCUT2D eigenvalue weighted by atomic mass is 79.9. The molecule has 0 spiro atoms. The van der Waals surface area contributed by atoms with E-state index in [0.717, 1.165) is 0 Å². The maximum atomic E-state index is 13.4. The maximum absolute atomic E-state index is 13.4. The van der Waals surface area contributed by atoms with Crippen LogP contribution in [0.1, 0.15) is 18.5 Å². The molecule has 1 aromatic carbocycles. The molecule has 1 aromatic rings. The molecule has 82 valence electrons. The molecule has 2 N–H and O–H groups in total. The van der Waals surface area contributed by atoms with Crippen LogP contribution >= 0.6 is 15.9 Å². The van der Waals surface area contributed by atoms with E-state index in [-0.39, 0.29) is 5.56 Å². The molecule has 0 aliphatic carbocycles. The zero-order valence-electron chi connectivity index (χ0n) is 8.13. The van der Waals surface area contributed by atoms with Crippen LogP contribution in [0.25, 0.3) is 0 Å². The average Bonchev–Trinajstić information content (AvgIpc) is 2.18. The fraction of sp³-hybridized carbons (Fsp3) is 0.300. The fourth-order valence-corrected chi connectivity index (χ4v) is 1.65. The minimum atomic E-state index is -1.09. The first kappa shape index (κ1) is 12.1. The molecule has 1 atom stereocenters. The highest BCUT2D eigenvalue weighted by Crippen LogP contribution is 2.21. The molecule has 0 bridgehead atoms. The molecule has 0 radical (unpaired) electrons. The van der Waals surface area contributed by atoms with Gasteiger partial charge in [0.15, 0.2) is 0 Å². The number of nitrogens with one attached hydrogen (secondary N) is 1. The molecule has 3 nitrogen and oxygen atoms in total. The smallest absolute Gasteiger partial charge is 0.325 e. The molecule has 1 rings (SSSR count). The lowest BCUT2D eigenvalue weighted by Gasteiger charge is -2.14. The Bertz CT molecular complexity index is 370. The highest BCUT2D eigenvalue weighted by molar-refractivity contribution is 9.10. The maximum Gasteiger partial charge on any atom is 0.325 e. The summed E-state index contributed by atoms with van der Waals surface area (Å²) in [6, 6.07) is 3.24. The van der Waals surface area contributed by atoms with E-state index in [1.807, 2.05) is 0 Å². The molecule has 0 fully saturated rings. The summed E-state index contributed by atoms with van der Waals surface area (Å²) in [5, 5.41) is 11.6. The number of likely N-dealkylation sites (N-methyl/N-ethyl adjacent to an activating group) is 1. The highest BCUT2D eigenvalue weighted by Gasteiger charge is 2.21. The van der Waals surface area contributed by atoms with Crippen LogP contribution in [0.2, 0.25) is 0 Å². The third-order valence-electron chi connectivity index (χ3n) is 1.92. The van der Waals surface area contributed by atoms with Crippen LogP contribution in [0.15, 0.2) is 22.7 Å². The number of carboxylic acid groups (broad SMARTS) is 1. The molecule has 0 heterocycles. The topological polar surface area (TPSA) is 49.3 Å². The van der Waals surface area contributed by atoms with Crippen molar-refractivity contribution in [2.24, 2.45) is 0 Å². The van der Waals surface area contributed by atoms with Gasteiger partial charge in [0.25, 0.3) is 0 Å². The zero-order chi connectivity index (χ0) is 11.4. The van der Waals surface area contributed by atoms with Crippen molar-refractivity contribution >= 4 is 21.9 Å². The Morgan fingerprint density at radius 1 is 1.67 bits per heavy atom. The first-order valence-electron chi connectivity index (χ1n) is 4.47. The number of carboxylic acids is 1. The van der Waals surface area contributed by atoms with Gasteiger partial charge in [0, 0.05) is 10.0 Å². The van der Waals surface area contributed by atoms with Gasteiger partial charge < -0.3 is 10.4 Å². The molecule has 0 aliphatic heterocycles. The van der Waals surface area contributed by atoms with Crippen LogP contribution in [0.3, 0.4) is 0 Å². The van der Waals surface area contributed by atoms with Crippen molar-refractivity contribution < 1.29 is 14.3 Å². The molecule has 0 aliphatic rings. The van der Waals surface area contributed by atoms with Crippen LogP contribution in [0, 0.1) is 5.82 Å².